The minimum Gasteiger partial charge on any atom is -0.507 e. The van der Waals surface area contributed by atoms with E-state index < -0.39 is 65.8 Å². The fourth-order valence-corrected chi connectivity index (χ4v) is 7.17. The van der Waals surface area contributed by atoms with Gasteiger partial charge in [0.05, 0.1) is 26.2 Å². The third-order valence-corrected chi connectivity index (χ3v) is 8.93. The van der Waals surface area contributed by atoms with E-state index in [0.29, 0.717) is 0 Å². The number of hydrogen-bond donors (Lipinski definition) is 6. The van der Waals surface area contributed by atoms with Crippen molar-refractivity contribution in [1.82, 2.24) is 9.80 Å². The zero-order chi connectivity index (χ0) is 34.8. The first-order valence-electron chi connectivity index (χ1n) is 14.0. The minimum atomic E-state index is -4.45. The first kappa shape index (κ1) is 50.0. The van der Waals surface area contributed by atoms with E-state index in [-0.39, 0.29) is 187 Å². The SMILES string of the molecule is Cc1cc(C2(c3cc(C)c(O)c(CN(CC(=O)O)CC(=O)O)c3)OS(=O)(=O)c3ccccc32)cc(CN(CC(=O)O)CC(=O)O)c1O.[Na].[Na].[Na].[Na]. The fraction of sp³-hybridized carbons (Fsp3) is 0.290. The molecule has 0 aromatic heterocycles. The number of aryl methyl sites for hydroxylation is 2. The van der Waals surface area contributed by atoms with Crippen LogP contribution in [0.2, 0.25) is 0 Å². The summed E-state index contributed by atoms with van der Waals surface area (Å²) in [6.07, 6.45) is 0. The van der Waals surface area contributed by atoms with Gasteiger partial charge in [-0.2, -0.15) is 8.42 Å². The molecule has 0 saturated carbocycles. The largest absolute Gasteiger partial charge is 0.507 e. The molecule has 254 valence electrons. The summed E-state index contributed by atoms with van der Waals surface area (Å²) < 4.78 is 33.0. The second-order valence-electron chi connectivity index (χ2n) is 11.2. The van der Waals surface area contributed by atoms with Crippen molar-refractivity contribution in [1.29, 1.82) is 0 Å². The number of fused-ring (bicyclic) bond motifs is 1. The predicted molar refractivity (Wildman–Crippen MR) is 184 cm³/mol. The number of carboxylic acid groups (broad SMARTS) is 4. The molecule has 15 nitrogen and oxygen atoms in total. The van der Waals surface area contributed by atoms with Gasteiger partial charge >= 0.3 is 23.9 Å². The summed E-state index contributed by atoms with van der Waals surface area (Å²) in [4.78, 5) is 47.8. The van der Waals surface area contributed by atoms with Crippen molar-refractivity contribution < 1.29 is 62.4 Å². The Labute approximate surface area is 382 Å². The molecular formula is C31H32N2Na4O13S. The Morgan fingerprint density at radius 3 is 1.35 bits per heavy atom. The molecule has 0 bridgehead atoms. The van der Waals surface area contributed by atoms with Crippen molar-refractivity contribution >= 4 is 152 Å². The van der Waals surface area contributed by atoms with Gasteiger partial charge < -0.3 is 30.6 Å². The normalized spacial score (nSPS) is 13.5. The molecule has 1 aliphatic heterocycles. The van der Waals surface area contributed by atoms with Crippen molar-refractivity contribution in [2.75, 3.05) is 26.2 Å². The smallest absolute Gasteiger partial charge is 0.317 e. The minimum absolute atomic E-state index is 0. The van der Waals surface area contributed by atoms with Crippen LogP contribution >= 0.6 is 0 Å². The monoisotopic (exact) mass is 764 g/mol. The summed E-state index contributed by atoms with van der Waals surface area (Å²) in [7, 11) is -4.45. The molecule has 0 spiro atoms. The number of phenols is 2. The molecule has 0 aliphatic carbocycles. The zero-order valence-electron chi connectivity index (χ0n) is 29.2. The number of aromatic hydroxyl groups is 2. The maximum Gasteiger partial charge on any atom is 0.317 e. The molecule has 20 heteroatoms. The molecule has 0 atom stereocenters. The second-order valence-corrected chi connectivity index (χ2v) is 12.7. The summed E-state index contributed by atoms with van der Waals surface area (Å²) in [5.74, 6) is -5.86. The molecular weight excluding hydrogens is 732 g/mol. The van der Waals surface area contributed by atoms with E-state index >= 15 is 0 Å². The van der Waals surface area contributed by atoms with Gasteiger partial charge in [0.1, 0.15) is 16.4 Å². The Morgan fingerprint density at radius 1 is 0.647 bits per heavy atom. The van der Waals surface area contributed by atoms with E-state index in [2.05, 4.69) is 0 Å². The van der Waals surface area contributed by atoms with Gasteiger partial charge in [-0.25, -0.2) is 4.18 Å². The standard InChI is InChI=1S/C31H32N2O13S.4Na/c1-17-7-21(9-19(29(17)42)11-32(13-25(34)35)14-26(36)37)31(23-5-3-4-6-24(23)47(44,45)46-31)22-8-18(2)30(43)20(10-22)12-33(15-27(38)39)16-28(40)41;;;;/h3-10,42-43H,11-16H2,1-2H3,(H,34,35)(H,36,37)(H,38,39)(H,40,41);;;;. The van der Waals surface area contributed by atoms with Gasteiger partial charge in [0, 0.05) is 148 Å². The predicted octanol–water partition coefficient (Wildman–Crippen LogP) is 0.145. The average Bonchev–Trinajstić information content (AvgIpc) is 3.20. The van der Waals surface area contributed by atoms with Crippen molar-refractivity contribution in [3.63, 3.8) is 0 Å². The zero-order valence-corrected chi connectivity index (χ0v) is 38.0. The summed E-state index contributed by atoms with van der Waals surface area (Å²) in [5, 5.41) is 59.3. The summed E-state index contributed by atoms with van der Waals surface area (Å²) >= 11 is 0. The summed E-state index contributed by atoms with van der Waals surface area (Å²) in [5.41, 5.74) is -0.973. The maximum absolute atomic E-state index is 13.5. The molecule has 1 heterocycles. The number of benzene rings is 3. The van der Waals surface area contributed by atoms with Gasteiger partial charge in [-0.15, -0.1) is 0 Å². The van der Waals surface area contributed by atoms with Gasteiger partial charge in [0.25, 0.3) is 10.1 Å². The number of carboxylic acids is 4. The van der Waals surface area contributed by atoms with Gasteiger partial charge in [-0.1, -0.05) is 18.2 Å². The second kappa shape index (κ2) is 20.6. The van der Waals surface area contributed by atoms with Crippen molar-refractivity contribution in [2.24, 2.45) is 0 Å². The van der Waals surface area contributed by atoms with Gasteiger partial charge in [-0.3, -0.25) is 29.0 Å². The Bertz CT molecular complexity index is 1770. The average molecular weight is 765 g/mol. The van der Waals surface area contributed by atoms with E-state index in [1.165, 1.54) is 56.3 Å². The first-order valence-corrected chi connectivity index (χ1v) is 15.4. The van der Waals surface area contributed by atoms with Crippen molar-refractivity contribution in [3.8, 4) is 11.5 Å². The quantitative estimate of drug-likeness (QED) is 0.0946. The molecule has 3 aromatic carbocycles. The summed E-state index contributed by atoms with van der Waals surface area (Å²) in [6.45, 7) is -0.434. The van der Waals surface area contributed by atoms with Crippen LogP contribution in [0.25, 0.3) is 0 Å². The molecule has 0 unspecified atom stereocenters. The number of rotatable bonds is 14. The molecule has 4 rings (SSSR count). The van der Waals surface area contributed by atoms with E-state index in [9.17, 15) is 58.2 Å². The van der Waals surface area contributed by atoms with E-state index in [1.807, 2.05) is 0 Å². The van der Waals surface area contributed by atoms with E-state index in [1.54, 1.807) is 6.07 Å². The molecule has 0 amide bonds. The number of hydrogen-bond acceptors (Lipinski definition) is 11. The van der Waals surface area contributed by atoms with Crippen LogP contribution in [0, 0.1) is 13.8 Å². The Kier molecular flexibility index (Phi) is 20.2. The number of carbonyl (C=O) groups is 4. The number of phenolic OH excluding ortho intramolecular Hbond substituents is 2. The Hall–Kier alpha value is -1.03. The Morgan fingerprint density at radius 2 is 1.00 bits per heavy atom. The van der Waals surface area contributed by atoms with Crippen molar-refractivity contribution in [3.05, 3.63) is 87.5 Å². The van der Waals surface area contributed by atoms with E-state index in [0.717, 1.165) is 9.80 Å². The number of nitrogens with zero attached hydrogens (tertiary/aromatic N) is 2. The Balaban J connectivity index is 0.00000625. The maximum atomic E-state index is 13.5. The molecule has 1 aliphatic rings. The van der Waals surface area contributed by atoms with Crippen molar-refractivity contribution in [2.45, 2.75) is 37.4 Å². The van der Waals surface area contributed by atoms with Crippen LogP contribution in [0.4, 0.5) is 0 Å². The van der Waals surface area contributed by atoms with E-state index in [4.69, 9.17) is 4.18 Å². The molecule has 3 aromatic rings. The topological polar surface area (TPSA) is 240 Å². The molecule has 0 saturated heterocycles. The summed E-state index contributed by atoms with van der Waals surface area (Å²) in [6, 6.07) is 11.6. The van der Waals surface area contributed by atoms with Crippen LogP contribution in [0.5, 0.6) is 11.5 Å². The van der Waals surface area contributed by atoms with Crippen LogP contribution in [-0.2, 0) is 52.2 Å². The van der Waals surface area contributed by atoms with Gasteiger partial charge in [0.15, 0.2) is 5.60 Å². The molecule has 51 heavy (non-hydrogen) atoms. The number of aliphatic carboxylic acids is 4. The molecule has 0 fully saturated rings. The first-order chi connectivity index (χ1) is 21.9. The third kappa shape index (κ3) is 11.7. The van der Waals surface area contributed by atoms with Gasteiger partial charge in [0.2, 0.25) is 0 Å². The van der Waals surface area contributed by atoms with Crippen LogP contribution < -0.4 is 0 Å². The van der Waals surface area contributed by atoms with Gasteiger partial charge in [-0.05, 0) is 66.4 Å². The van der Waals surface area contributed by atoms with Crippen LogP contribution in [0.15, 0.2) is 53.4 Å². The van der Waals surface area contributed by atoms with Crippen LogP contribution in [0.1, 0.15) is 38.9 Å². The fourth-order valence-electron chi connectivity index (χ4n) is 5.74. The van der Waals surface area contributed by atoms with Crippen LogP contribution in [0.3, 0.4) is 0 Å². The van der Waals surface area contributed by atoms with Crippen LogP contribution in [-0.4, -0.2) is 217 Å². The molecule has 4 radical (unpaired) electrons. The third-order valence-electron chi connectivity index (χ3n) is 7.57. The molecule has 6 N–H and O–H groups in total.